The highest BCUT2D eigenvalue weighted by molar-refractivity contribution is 5.98. The molecule has 0 aliphatic carbocycles. The summed E-state index contributed by atoms with van der Waals surface area (Å²) in [5.41, 5.74) is 6.09. The molecule has 0 atom stereocenters. The van der Waals surface area contributed by atoms with Crippen molar-refractivity contribution in [2.75, 3.05) is 18.0 Å². The zero-order valence-corrected chi connectivity index (χ0v) is 12.7. The van der Waals surface area contributed by atoms with Crippen LogP contribution in [0.3, 0.4) is 0 Å². The molecule has 0 saturated carbocycles. The number of nitrogens with zero attached hydrogens (tertiary/aromatic N) is 3. The summed E-state index contributed by atoms with van der Waals surface area (Å²) in [7, 11) is 0. The number of hydrogen-bond acceptors (Lipinski definition) is 5. The molecule has 6 heteroatoms. The van der Waals surface area contributed by atoms with Gasteiger partial charge in [0.05, 0.1) is 0 Å². The molecule has 1 aliphatic heterocycles. The van der Waals surface area contributed by atoms with Gasteiger partial charge in [-0.15, -0.1) is 10.2 Å². The summed E-state index contributed by atoms with van der Waals surface area (Å²) >= 11 is 0. The Balaban J connectivity index is 1.62. The van der Waals surface area contributed by atoms with E-state index < -0.39 is 5.91 Å². The van der Waals surface area contributed by atoms with E-state index in [0.29, 0.717) is 5.82 Å². The van der Waals surface area contributed by atoms with Crippen molar-refractivity contribution < 1.29 is 9.59 Å². The van der Waals surface area contributed by atoms with Crippen LogP contribution in [0.2, 0.25) is 0 Å². The number of ketones is 1. The Morgan fingerprint density at radius 3 is 2.26 bits per heavy atom. The van der Waals surface area contributed by atoms with Gasteiger partial charge >= 0.3 is 0 Å². The summed E-state index contributed by atoms with van der Waals surface area (Å²) in [5.74, 6) is 0.378. The molecule has 0 bridgehead atoms. The van der Waals surface area contributed by atoms with Gasteiger partial charge < -0.3 is 10.6 Å². The van der Waals surface area contributed by atoms with Crippen molar-refractivity contribution in [3.63, 3.8) is 0 Å². The lowest BCUT2D eigenvalue weighted by atomic mass is 9.89. The van der Waals surface area contributed by atoms with Crippen molar-refractivity contribution in [1.82, 2.24) is 10.2 Å². The SMILES string of the molecule is NC(=O)c1ccc(N2CCC(C(=O)c3ccccc3)CC2)nn1. The van der Waals surface area contributed by atoms with Crippen molar-refractivity contribution in [2.24, 2.45) is 11.7 Å². The average molecular weight is 310 g/mol. The molecule has 1 aromatic heterocycles. The van der Waals surface area contributed by atoms with Crippen LogP contribution in [-0.2, 0) is 0 Å². The Morgan fingerprint density at radius 2 is 1.70 bits per heavy atom. The number of amides is 1. The highest BCUT2D eigenvalue weighted by Gasteiger charge is 2.26. The summed E-state index contributed by atoms with van der Waals surface area (Å²) in [6.07, 6.45) is 1.57. The van der Waals surface area contributed by atoms with Crippen LogP contribution in [0.25, 0.3) is 0 Å². The highest BCUT2D eigenvalue weighted by atomic mass is 16.1. The van der Waals surface area contributed by atoms with E-state index >= 15 is 0 Å². The first-order chi connectivity index (χ1) is 11.1. The molecular formula is C17H18N4O2. The minimum atomic E-state index is -0.587. The minimum Gasteiger partial charge on any atom is -0.364 e. The van der Waals surface area contributed by atoms with E-state index in [4.69, 9.17) is 5.73 Å². The summed E-state index contributed by atoms with van der Waals surface area (Å²) in [4.78, 5) is 25.6. The molecule has 1 fully saturated rings. The fourth-order valence-corrected chi connectivity index (χ4v) is 2.83. The van der Waals surface area contributed by atoms with Gasteiger partial charge in [-0.1, -0.05) is 30.3 Å². The fourth-order valence-electron chi connectivity index (χ4n) is 2.83. The maximum atomic E-state index is 12.5. The Bertz CT molecular complexity index is 692. The van der Waals surface area contributed by atoms with E-state index in [9.17, 15) is 9.59 Å². The van der Waals surface area contributed by atoms with Gasteiger partial charge in [0.2, 0.25) is 0 Å². The van der Waals surface area contributed by atoms with Crippen LogP contribution in [0, 0.1) is 5.92 Å². The standard InChI is InChI=1S/C17H18N4O2/c18-17(23)14-6-7-15(20-19-14)21-10-8-13(9-11-21)16(22)12-4-2-1-3-5-12/h1-7,13H,8-11H2,(H2,18,23). The van der Waals surface area contributed by atoms with Crippen LogP contribution in [0.4, 0.5) is 5.82 Å². The summed E-state index contributed by atoms with van der Waals surface area (Å²) in [6, 6.07) is 12.7. The molecule has 1 amide bonds. The summed E-state index contributed by atoms with van der Waals surface area (Å²) in [5, 5.41) is 7.86. The number of hydrogen-bond donors (Lipinski definition) is 1. The molecule has 0 unspecified atom stereocenters. The Kier molecular flexibility index (Phi) is 4.32. The molecule has 23 heavy (non-hydrogen) atoms. The molecule has 118 valence electrons. The first kappa shape index (κ1) is 15.1. The van der Waals surface area contributed by atoms with Crippen LogP contribution in [0.15, 0.2) is 42.5 Å². The number of anilines is 1. The highest BCUT2D eigenvalue weighted by Crippen LogP contribution is 2.24. The zero-order valence-electron chi connectivity index (χ0n) is 12.7. The molecule has 3 rings (SSSR count). The topological polar surface area (TPSA) is 89.2 Å². The van der Waals surface area contributed by atoms with Crippen LogP contribution >= 0.6 is 0 Å². The van der Waals surface area contributed by atoms with Gasteiger partial charge in [-0.2, -0.15) is 0 Å². The molecule has 0 spiro atoms. The zero-order chi connectivity index (χ0) is 16.2. The van der Waals surface area contributed by atoms with Gasteiger partial charge in [-0.3, -0.25) is 9.59 Å². The van der Waals surface area contributed by atoms with Gasteiger partial charge in [0.1, 0.15) is 0 Å². The second kappa shape index (κ2) is 6.56. The molecule has 1 aliphatic rings. The predicted octanol–water partition coefficient (Wildman–Crippen LogP) is 1.67. The smallest absolute Gasteiger partial charge is 0.269 e. The molecule has 1 aromatic carbocycles. The Hall–Kier alpha value is -2.76. The van der Waals surface area contributed by atoms with Crippen molar-refractivity contribution in [2.45, 2.75) is 12.8 Å². The van der Waals surface area contributed by atoms with Gasteiger partial charge in [0.15, 0.2) is 17.3 Å². The quantitative estimate of drug-likeness (QED) is 0.868. The number of primary amides is 1. The molecule has 6 nitrogen and oxygen atoms in total. The van der Waals surface area contributed by atoms with Crippen molar-refractivity contribution in [3.05, 3.63) is 53.7 Å². The first-order valence-corrected chi connectivity index (χ1v) is 7.63. The second-order valence-electron chi connectivity index (χ2n) is 5.63. The van der Waals surface area contributed by atoms with Gasteiger partial charge in [-0.25, -0.2) is 0 Å². The van der Waals surface area contributed by atoms with Crippen molar-refractivity contribution in [1.29, 1.82) is 0 Å². The molecular weight excluding hydrogens is 292 g/mol. The van der Waals surface area contributed by atoms with E-state index in [0.717, 1.165) is 31.5 Å². The van der Waals surface area contributed by atoms with Gasteiger partial charge in [0.25, 0.3) is 5.91 Å². The first-order valence-electron chi connectivity index (χ1n) is 7.63. The van der Waals surface area contributed by atoms with Crippen LogP contribution in [-0.4, -0.2) is 35.0 Å². The van der Waals surface area contributed by atoms with E-state index in [-0.39, 0.29) is 17.4 Å². The molecule has 2 aromatic rings. The average Bonchev–Trinajstić information content (AvgIpc) is 2.62. The van der Waals surface area contributed by atoms with Crippen LogP contribution in [0.1, 0.15) is 33.7 Å². The maximum absolute atomic E-state index is 12.5. The summed E-state index contributed by atoms with van der Waals surface area (Å²) in [6.45, 7) is 1.49. The lowest BCUT2D eigenvalue weighted by molar-refractivity contribution is 0.0899. The predicted molar refractivity (Wildman–Crippen MR) is 86.3 cm³/mol. The third-order valence-corrected chi connectivity index (χ3v) is 4.15. The van der Waals surface area contributed by atoms with Crippen molar-refractivity contribution in [3.8, 4) is 0 Å². The van der Waals surface area contributed by atoms with E-state index in [2.05, 4.69) is 15.1 Å². The molecule has 0 radical (unpaired) electrons. The number of carbonyl (C=O) groups excluding carboxylic acids is 2. The number of carbonyl (C=O) groups is 2. The number of Topliss-reactive ketones (excluding diaryl/α,β-unsaturated/α-hetero) is 1. The van der Waals surface area contributed by atoms with Crippen molar-refractivity contribution >= 4 is 17.5 Å². The molecule has 1 saturated heterocycles. The number of benzene rings is 1. The lowest BCUT2D eigenvalue weighted by Gasteiger charge is -2.31. The van der Waals surface area contributed by atoms with Gasteiger partial charge in [0, 0.05) is 24.6 Å². The summed E-state index contributed by atoms with van der Waals surface area (Å²) < 4.78 is 0. The fraction of sp³-hybridized carbons (Fsp3) is 0.294. The minimum absolute atomic E-state index is 0.0477. The number of nitrogens with two attached hydrogens (primary N) is 1. The largest absolute Gasteiger partial charge is 0.364 e. The second-order valence-corrected chi connectivity index (χ2v) is 5.63. The third-order valence-electron chi connectivity index (χ3n) is 4.15. The third kappa shape index (κ3) is 3.36. The monoisotopic (exact) mass is 310 g/mol. The van der Waals surface area contributed by atoms with Gasteiger partial charge in [-0.05, 0) is 25.0 Å². The molecule has 2 heterocycles. The number of piperidine rings is 1. The van der Waals surface area contributed by atoms with E-state index in [1.165, 1.54) is 0 Å². The van der Waals surface area contributed by atoms with E-state index in [1.807, 2.05) is 30.3 Å². The number of rotatable bonds is 4. The van der Waals surface area contributed by atoms with E-state index in [1.54, 1.807) is 12.1 Å². The number of aromatic nitrogens is 2. The lowest BCUT2D eigenvalue weighted by Crippen LogP contribution is -2.37. The normalized spacial score (nSPS) is 15.4. The molecule has 2 N–H and O–H groups in total. The van der Waals surface area contributed by atoms with Crippen LogP contribution in [0.5, 0.6) is 0 Å². The maximum Gasteiger partial charge on any atom is 0.269 e. The van der Waals surface area contributed by atoms with Crippen LogP contribution < -0.4 is 10.6 Å². The Labute approximate surface area is 134 Å². The Morgan fingerprint density at radius 1 is 1.00 bits per heavy atom.